The van der Waals surface area contributed by atoms with Crippen molar-refractivity contribution in [1.82, 2.24) is 9.78 Å². The van der Waals surface area contributed by atoms with Gasteiger partial charge < -0.3 is 14.6 Å². The van der Waals surface area contributed by atoms with Gasteiger partial charge in [0.15, 0.2) is 11.5 Å². The van der Waals surface area contributed by atoms with Crippen LogP contribution in [0.4, 0.5) is 0 Å². The Morgan fingerprint density at radius 3 is 2.88 bits per heavy atom. The number of aromatic nitrogens is 2. The largest absolute Gasteiger partial charge is 0.454 e. The molecule has 1 aromatic carbocycles. The monoisotopic (exact) mass is 232 g/mol. The van der Waals surface area contributed by atoms with Gasteiger partial charge in [0.1, 0.15) is 6.10 Å². The molecule has 0 aliphatic carbocycles. The molecule has 0 spiro atoms. The summed E-state index contributed by atoms with van der Waals surface area (Å²) in [6, 6.07) is 7.17. The van der Waals surface area contributed by atoms with E-state index in [0.717, 1.165) is 5.56 Å². The molecular formula is C12H12N2O3. The summed E-state index contributed by atoms with van der Waals surface area (Å²) in [6.45, 7) is 0.235. The van der Waals surface area contributed by atoms with Crippen LogP contribution in [0.2, 0.25) is 0 Å². The molecule has 1 aliphatic heterocycles. The Bertz CT molecular complexity index is 550. The van der Waals surface area contributed by atoms with Gasteiger partial charge in [-0.25, -0.2) is 0 Å². The van der Waals surface area contributed by atoms with Gasteiger partial charge in [0.25, 0.3) is 0 Å². The SMILES string of the molecule is Cn1ccc(C(O)c2ccc3c(c2)OCO3)n1. The molecule has 1 aromatic heterocycles. The first kappa shape index (κ1) is 10.2. The number of hydrogen-bond donors (Lipinski definition) is 1. The Morgan fingerprint density at radius 2 is 2.12 bits per heavy atom. The van der Waals surface area contributed by atoms with Crippen molar-refractivity contribution in [2.24, 2.45) is 7.05 Å². The summed E-state index contributed by atoms with van der Waals surface area (Å²) >= 11 is 0. The maximum absolute atomic E-state index is 10.2. The zero-order valence-electron chi connectivity index (χ0n) is 9.33. The van der Waals surface area contributed by atoms with Gasteiger partial charge in [-0.15, -0.1) is 0 Å². The first-order valence-corrected chi connectivity index (χ1v) is 5.31. The van der Waals surface area contributed by atoms with Gasteiger partial charge >= 0.3 is 0 Å². The Morgan fingerprint density at radius 1 is 1.29 bits per heavy atom. The van der Waals surface area contributed by atoms with Crippen LogP contribution >= 0.6 is 0 Å². The third kappa shape index (κ3) is 1.74. The maximum Gasteiger partial charge on any atom is 0.231 e. The van der Waals surface area contributed by atoms with Crippen LogP contribution in [0.25, 0.3) is 0 Å². The lowest BCUT2D eigenvalue weighted by Gasteiger charge is -2.08. The molecule has 2 heterocycles. The lowest BCUT2D eigenvalue weighted by molar-refractivity contribution is 0.173. The molecule has 88 valence electrons. The number of fused-ring (bicyclic) bond motifs is 1. The fraction of sp³-hybridized carbons (Fsp3) is 0.250. The Hall–Kier alpha value is -2.01. The second-order valence-corrected chi connectivity index (χ2v) is 3.93. The van der Waals surface area contributed by atoms with Crippen LogP contribution in [-0.2, 0) is 7.05 Å². The van der Waals surface area contributed by atoms with Gasteiger partial charge in [-0.2, -0.15) is 5.10 Å². The van der Waals surface area contributed by atoms with E-state index in [2.05, 4.69) is 5.10 Å². The molecule has 17 heavy (non-hydrogen) atoms. The van der Waals surface area contributed by atoms with E-state index < -0.39 is 6.10 Å². The molecule has 0 saturated carbocycles. The van der Waals surface area contributed by atoms with Crippen molar-refractivity contribution in [2.45, 2.75) is 6.10 Å². The molecule has 0 bridgehead atoms. The summed E-state index contributed by atoms with van der Waals surface area (Å²) in [7, 11) is 1.82. The van der Waals surface area contributed by atoms with Crippen molar-refractivity contribution >= 4 is 0 Å². The predicted octanol–water partition coefficient (Wildman–Crippen LogP) is 1.23. The number of benzene rings is 1. The van der Waals surface area contributed by atoms with Crippen LogP contribution in [0.15, 0.2) is 30.5 Å². The Balaban J connectivity index is 1.94. The molecule has 3 rings (SSSR count). The summed E-state index contributed by atoms with van der Waals surface area (Å²) < 4.78 is 12.1. The first-order chi connectivity index (χ1) is 8.24. The maximum atomic E-state index is 10.2. The van der Waals surface area contributed by atoms with Crippen molar-refractivity contribution < 1.29 is 14.6 Å². The lowest BCUT2D eigenvalue weighted by atomic mass is 10.1. The topological polar surface area (TPSA) is 56.5 Å². The van der Waals surface area contributed by atoms with Gasteiger partial charge in [-0.3, -0.25) is 4.68 Å². The van der Waals surface area contributed by atoms with Gasteiger partial charge in [0.05, 0.1) is 5.69 Å². The number of ether oxygens (including phenoxy) is 2. The minimum absolute atomic E-state index is 0.235. The quantitative estimate of drug-likeness (QED) is 0.846. The van der Waals surface area contributed by atoms with Crippen molar-refractivity contribution in [2.75, 3.05) is 6.79 Å². The molecule has 0 amide bonds. The van der Waals surface area contributed by atoms with E-state index >= 15 is 0 Å². The molecule has 2 aromatic rings. The third-order valence-corrected chi connectivity index (χ3v) is 2.73. The highest BCUT2D eigenvalue weighted by molar-refractivity contribution is 5.46. The average Bonchev–Trinajstić information content (AvgIpc) is 2.95. The normalized spacial score (nSPS) is 14.9. The molecule has 1 aliphatic rings. The van der Waals surface area contributed by atoms with Crippen molar-refractivity contribution in [3.8, 4) is 11.5 Å². The average molecular weight is 232 g/mol. The van der Waals surface area contributed by atoms with E-state index in [9.17, 15) is 5.11 Å². The number of aryl methyl sites for hydroxylation is 1. The van der Waals surface area contributed by atoms with E-state index in [-0.39, 0.29) is 6.79 Å². The molecule has 5 heteroatoms. The number of nitrogens with zero attached hydrogens (tertiary/aromatic N) is 2. The molecule has 0 radical (unpaired) electrons. The summed E-state index contributed by atoms with van der Waals surface area (Å²) in [5.41, 5.74) is 1.36. The van der Waals surface area contributed by atoms with Crippen LogP contribution < -0.4 is 9.47 Å². The van der Waals surface area contributed by atoms with Crippen molar-refractivity contribution in [3.63, 3.8) is 0 Å². The summed E-state index contributed by atoms with van der Waals surface area (Å²) in [5.74, 6) is 1.37. The van der Waals surface area contributed by atoms with Gasteiger partial charge in [-0.05, 0) is 23.8 Å². The van der Waals surface area contributed by atoms with Crippen molar-refractivity contribution in [3.05, 3.63) is 41.7 Å². The fourth-order valence-electron chi connectivity index (χ4n) is 1.83. The molecule has 0 saturated heterocycles. The van der Waals surface area contributed by atoms with Crippen LogP contribution in [-0.4, -0.2) is 21.7 Å². The number of aliphatic hydroxyl groups is 1. The minimum atomic E-state index is -0.745. The van der Waals surface area contributed by atoms with Gasteiger partial charge in [0, 0.05) is 13.2 Å². The molecule has 1 unspecified atom stereocenters. The second-order valence-electron chi connectivity index (χ2n) is 3.93. The van der Waals surface area contributed by atoms with Crippen molar-refractivity contribution in [1.29, 1.82) is 0 Å². The molecule has 1 N–H and O–H groups in total. The third-order valence-electron chi connectivity index (χ3n) is 2.73. The highest BCUT2D eigenvalue weighted by Crippen LogP contribution is 2.35. The summed E-state index contributed by atoms with van der Waals surface area (Å²) in [5, 5.41) is 14.3. The Labute approximate surface area is 98.2 Å². The number of aliphatic hydroxyl groups excluding tert-OH is 1. The molecule has 5 nitrogen and oxygen atoms in total. The molecular weight excluding hydrogens is 220 g/mol. The zero-order valence-corrected chi connectivity index (χ0v) is 9.33. The first-order valence-electron chi connectivity index (χ1n) is 5.31. The van der Waals surface area contributed by atoms with Gasteiger partial charge in [-0.1, -0.05) is 6.07 Å². The lowest BCUT2D eigenvalue weighted by Crippen LogP contribution is -2.01. The van der Waals surface area contributed by atoms with E-state index in [1.165, 1.54) is 0 Å². The van der Waals surface area contributed by atoms with Crippen LogP contribution in [0, 0.1) is 0 Å². The van der Waals surface area contributed by atoms with Gasteiger partial charge in [0.2, 0.25) is 6.79 Å². The second kappa shape index (κ2) is 3.78. The van der Waals surface area contributed by atoms with Crippen LogP contribution in [0.1, 0.15) is 17.4 Å². The standard InChI is InChI=1S/C12H12N2O3/c1-14-5-4-9(13-14)12(15)8-2-3-10-11(6-8)17-7-16-10/h2-6,12,15H,7H2,1H3. The summed E-state index contributed by atoms with van der Waals surface area (Å²) in [6.07, 6.45) is 1.05. The van der Waals surface area contributed by atoms with E-state index in [0.29, 0.717) is 17.2 Å². The predicted molar refractivity (Wildman–Crippen MR) is 59.8 cm³/mol. The zero-order chi connectivity index (χ0) is 11.8. The Kier molecular flexibility index (Phi) is 2.26. The smallest absolute Gasteiger partial charge is 0.231 e. The molecule has 1 atom stereocenters. The highest BCUT2D eigenvalue weighted by atomic mass is 16.7. The van der Waals surface area contributed by atoms with Crippen LogP contribution in [0.5, 0.6) is 11.5 Å². The highest BCUT2D eigenvalue weighted by Gasteiger charge is 2.18. The van der Waals surface area contributed by atoms with E-state index in [4.69, 9.17) is 9.47 Å². The number of hydrogen-bond acceptors (Lipinski definition) is 4. The number of rotatable bonds is 2. The minimum Gasteiger partial charge on any atom is -0.454 e. The van der Waals surface area contributed by atoms with E-state index in [1.807, 2.05) is 13.1 Å². The van der Waals surface area contributed by atoms with Crippen LogP contribution in [0.3, 0.4) is 0 Å². The fourth-order valence-corrected chi connectivity index (χ4v) is 1.83. The van der Waals surface area contributed by atoms with E-state index in [1.54, 1.807) is 29.1 Å². The summed E-state index contributed by atoms with van der Waals surface area (Å²) in [4.78, 5) is 0. The molecule has 0 fully saturated rings.